The van der Waals surface area contributed by atoms with Crippen molar-refractivity contribution in [3.63, 3.8) is 0 Å². The Morgan fingerprint density at radius 3 is 1.77 bits per heavy atom. The lowest BCUT2D eigenvalue weighted by atomic mass is 10.0. The van der Waals surface area contributed by atoms with Gasteiger partial charge in [-0.05, 0) is 76.2 Å². The first-order chi connectivity index (χ1) is 10.7. The molecule has 112 valence electrons. The van der Waals surface area contributed by atoms with Crippen LogP contribution in [0.2, 0.25) is 0 Å². The lowest BCUT2D eigenvalue weighted by molar-refractivity contribution is 0.414. The fourth-order valence-electron chi connectivity index (χ4n) is 2.30. The Kier molecular flexibility index (Phi) is 4.69. The van der Waals surface area contributed by atoms with E-state index in [9.17, 15) is 0 Å². The monoisotopic (exact) mass is 422 g/mol. The Morgan fingerprint density at radius 1 is 0.773 bits per heavy atom. The van der Waals surface area contributed by atoms with Gasteiger partial charge < -0.3 is 9.47 Å². The van der Waals surface area contributed by atoms with Crippen LogP contribution in [-0.4, -0.2) is 14.2 Å². The maximum Gasteiger partial charge on any atom is 0.118 e. The summed E-state index contributed by atoms with van der Waals surface area (Å²) >= 11 is 4.18. The number of halogens is 1. The molecule has 0 radical (unpaired) electrons. The van der Waals surface area contributed by atoms with E-state index in [4.69, 9.17) is 9.47 Å². The highest BCUT2D eigenvalue weighted by molar-refractivity contribution is 14.1. The van der Waals surface area contributed by atoms with Crippen LogP contribution in [0.1, 0.15) is 0 Å². The molecule has 0 spiro atoms. The van der Waals surface area contributed by atoms with Gasteiger partial charge in [-0.2, -0.15) is 0 Å². The summed E-state index contributed by atoms with van der Waals surface area (Å²) in [4.78, 5) is 1.28. The second-order valence-corrected chi connectivity index (χ2v) is 7.70. The summed E-state index contributed by atoms with van der Waals surface area (Å²) in [6.07, 6.45) is 0. The smallest absolute Gasteiger partial charge is 0.118 e. The van der Waals surface area contributed by atoms with Crippen LogP contribution in [-0.2, 0) is 0 Å². The summed E-state index contributed by atoms with van der Waals surface area (Å²) in [5.74, 6) is 1.75. The Balaban J connectivity index is 2.04. The van der Waals surface area contributed by atoms with Crippen molar-refractivity contribution in [1.82, 2.24) is 0 Å². The minimum absolute atomic E-state index is 0.875. The number of rotatable bonds is 4. The van der Waals surface area contributed by atoms with Gasteiger partial charge in [0.15, 0.2) is 0 Å². The highest BCUT2D eigenvalue weighted by Gasteiger charge is 2.12. The van der Waals surface area contributed by atoms with Gasteiger partial charge in [-0.15, -0.1) is 11.3 Å². The fraction of sp³-hybridized carbons (Fsp3) is 0.111. The maximum absolute atomic E-state index is 5.24. The van der Waals surface area contributed by atoms with E-state index in [1.807, 2.05) is 24.3 Å². The van der Waals surface area contributed by atoms with E-state index in [0.717, 1.165) is 11.5 Å². The van der Waals surface area contributed by atoms with Gasteiger partial charge in [0.25, 0.3) is 0 Å². The molecule has 0 fully saturated rings. The standard InChI is InChI=1S/C18H15IO2S/c1-20-14-7-3-12(4-8-14)16-11-17(19)22-18(16)13-5-9-15(21-2)10-6-13/h3-11H,1-2H3. The van der Waals surface area contributed by atoms with Crippen LogP contribution in [0, 0.1) is 2.88 Å². The molecule has 0 saturated heterocycles. The molecule has 0 saturated carbocycles. The normalized spacial score (nSPS) is 10.5. The maximum atomic E-state index is 5.24. The molecule has 0 aliphatic rings. The minimum atomic E-state index is 0.875. The topological polar surface area (TPSA) is 18.5 Å². The predicted molar refractivity (Wildman–Crippen MR) is 101 cm³/mol. The number of benzene rings is 2. The second kappa shape index (κ2) is 6.71. The Labute approximate surface area is 147 Å². The van der Waals surface area contributed by atoms with E-state index in [2.05, 4.69) is 52.9 Å². The Bertz CT molecular complexity index is 696. The van der Waals surface area contributed by atoms with Crippen LogP contribution >= 0.6 is 33.9 Å². The molecule has 2 aromatic carbocycles. The summed E-state index contributed by atoms with van der Waals surface area (Å²) in [6, 6.07) is 18.6. The van der Waals surface area contributed by atoms with Gasteiger partial charge in [0.05, 0.1) is 17.1 Å². The molecule has 22 heavy (non-hydrogen) atoms. The first kappa shape index (κ1) is 15.4. The molecule has 3 aromatic rings. The van der Waals surface area contributed by atoms with Crippen molar-refractivity contribution in [2.45, 2.75) is 0 Å². The van der Waals surface area contributed by atoms with E-state index in [1.54, 1.807) is 25.6 Å². The average molecular weight is 422 g/mol. The van der Waals surface area contributed by atoms with E-state index in [0.29, 0.717) is 0 Å². The molecule has 4 heteroatoms. The Morgan fingerprint density at radius 2 is 1.27 bits per heavy atom. The van der Waals surface area contributed by atoms with Gasteiger partial charge in [-0.25, -0.2) is 0 Å². The lowest BCUT2D eigenvalue weighted by Crippen LogP contribution is -1.84. The zero-order valence-corrected chi connectivity index (χ0v) is 15.3. The van der Waals surface area contributed by atoms with E-state index < -0.39 is 0 Å². The number of hydrogen-bond acceptors (Lipinski definition) is 3. The molecular weight excluding hydrogens is 407 g/mol. The van der Waals surface area contributed by atoms with Crippen LogP contribution in [0.3, 0.4) is 0 Å². The van der Waals surface area contributed by atoms with Crippen molar-refractivity contribution in [3.8, 4) is 33.1 Å². The molecular formula is C18H15IO2S. The third-order valence-electron chi connectivity index (χ3n) is 3.46. The van der Waals surface area contributed by atoms with E-state index >= 15 is 0 Å². The number of methoxy groups -OCH3 is 2. The van der Waals surface area contributed by atoms with Gasteiger partial charge in [-0.1, -0.05) is 12.1 Å². The number of ether oxygens (including phenoxy) is 2. The van der Waals surface area contributed by atoms with Gasteiger partial charge >= 0.3 is 0 Å². The Hall–Kier alpha value is -1.53. The summed E-state index contributed by atoms with van der Waals surface area (Å²) in [7, 11) is 3.37. The molecule has 0 atom stereocenters. The van der Waals surface area contributed by atoms with Crippen LogP contribution in [0.15, 0.2) is 54.6 Å². The minimum Gasteiger partial charge on any atom is -0.497 e. The highest BCUT2D eigenvalue weighted by atomic mass is 127. The average Bonchev–Trinajstić information content (AvgIpc) is 2.97. The predicted octanol–water partition coefficient (Wildman–Crippen LogP) is 5.70. The van der Waals surface area contributed by atoms with E-state index in [-0.39, 0.29) is 0 Å². The van der Waals surface area contributed by atoms with E-state index in [1.165, 1.54) is 24.5 Å². The third-order valence-corrected chi connectivity index (χ3v) is 5.40. The molecule has 1 heterocycles. The van der Waals surface area contributed by atoms with Crippen molar-refractivity contribution in [1.29, 1.82) is 0 Å². The zero-order valence-electron chi connectivity index (χ0n) is 12.3. The summed E-state index contributed by atoms with van der Waals surface area (Å²) in [5.41, 5.74) is 3.66. The third kappa shape index (κ3) is 3.13. The molecule has 2 nitrogen and oxygen atoms in total. The van der Waals surface area contributed by atoms with Crippen LogP contribution in [0.4, 0.5) is 0 Å². The largest absolute Gasteiger partial charge is 0.497 e. The molecule has 0 N–H and O–H groups in total. The molecule has 0 aliphatic carbocycles. The van der Waals surface area contributed by atoms with Crippen molar-refractivity contribution in [2.75, 3.05) is 14.2 Å². The second-order valence-electron chi connectivity index (χ2n) is 4.75. The molecule has 0 bridgehead atoms. The fourth-order valence-corrected chi connectivity index (χ4v) is 4.19. The van der Waals surface area contributed by atoms with Crippen molar-refractivity contribution in [3.05, 3.63) is 57.5 Å². The van der Waals surface area contributed by atoms with Crippen molar-refractivity contribution in [2.24, 2.45) is 0 Å². The molecule has 1 aromatic heterocycles. The quantitative estimate of drug-likeness (QED) is 0.502. The lowest BCUT2D eigenvalue weighted by Gasteiger charge is -2.07. The van der Waals surface area contributed by atoms with Crippen molar-refractivity contribution < 1.29 is 9.47 Å². The van der Waals surface area contributed by atoms with Gasteiger partial charge in [0.1, 0.15) is 11.5 Å². The SMILES string of the molecule is COc1ccc(-c2cc(I)sc2-c2ccc(OC)cc2)cc1. The van der Waals surface area contributed by atoms with Crippen LogP contribution in [0.25, 0.3) is 21.6 Å². The number of hydrogen-bond donors (Lipinski definition) is 0. The molecule has 0 aliphatic heterocycles. The van der Waals surface area contributed by atoms with Gasteiger partial charge in [-0.3, -0.25) is 0 Å². The van der Waals surface area contributed by atoms with Gasteiger partial charge in [0, 0.05) is 10.4 Å². The summed E-state index contributed by atoms with van der Waals surface area (Å²) < 4.78 is 11.7. The molecule has 0 amide bonds. The highest BCUT2D eigenvalue weighted by Crippen LogP contribution is 2.40. The summed E-state index contributed by atoms with van der Waals surface area (Å²) in [5, 5.41) is 0. The number of thiophene rings is 1. The summed E-state index contributed by atoms with van der Waals surface area (Å²) in [6.45, 7) is 0. The zero-order chi connectivity index (χ0) is 15.5. The first-order valence-electron chi connectivity index (χ1n) is 6.79. The first-order valence-corrected chi connectivity index (χ1v) is 8.69. The molecule has 3 rings (SSSR count). The van der Waals surface area contributed by atoms with Crippen molar-refractivity contribution >= 4 is 33.9 Å². The van der Waals surface area contributed by atoms with Gasteiger partial charge in [0.2, 0.25) is 0 Å². The van der Waals surface area contributed by atoms with Crippen LogP contribution < -0.4 is 9.47 Å². The van der Waals surface area contributed by atoms with Crippen LogP contribution in [0.5, 0.6) is 11.5 Å². The molecule has 0 unspecified atom stereocenters.